The topological polar surface area (TPSA) is 27.7 Å². The Kier molecular flexibility index (Phi) is 15.3. The molecular weight excluding hydrogens is 315 g/mol. The molecule has 3 nitrogen and oxygen atoms in total. The first-order valence-electron chi connectivity index (χ1n) is 7.34. The molecule has 0 aliphatic rings. The molecule has 0 spiro atoms. The molecule has 0 heterocycles. The van der Waals surface area contributed by atoms with E-state index in [0.29, 0.717) is 31.1 Å². The largest absolute Gasteiger partial charge is 0.500 e. The van der Waals surface area contributed by atoms with Crippen LogP contribution < -0.4 is 0 Å². The van der Waals surface area contributed by atoms with E-state index in [1.807, 2.05) is 20.8 Å². The fraction of sp³-hybridized carbons (Fsp3) is 1.00. The van der Waals surface area contributed by atoms with Gasteiger partial charge in [0.2, 0.25) is 0 Å². The van der Waals surface area contributed by atoms with E-state index in [4.69, 9.17) is 36.5 Å². The summed E-state index contributed by atoms with van der Waals surface area (Å²) >= 11 is 11.1. The van der Waals surface area contributed by atoms with Gasteiger partial charge < -0.3 is 13.3 Å². The molecule has 0 amide bonds. The zero-order chi connectivity index (χ0) is 16.1. The van der Waals surface area contributed by atoms with Gasteiger partial charge in [0.15, 0.2) is 0 Å². The maximum Gasteiger partial charge on any atom is 0.500 e. The van der Waals surface area contributed by atoms with Crippen LogP contribution >= 0.6 is 23.2 Å². The second-order valence-electron chi connectivity index (χ2n) is 5.47. The van der Waals surface area contributed by atoms with Crippen LogP contribution in [0.3, 0.4) is 0 Å². The third kappa shape index (κ3) is 13.7. The second kappa shape index (κ2) is 13.3. The second-order valence-corrected chi connectivity index (χ2v) is 8.85. The molecule has 0 saturated carbocycles. The lowest BCUT2D eigenvalue weighted by atomic mass is 10.0. The first-order chi connectivity index (χ1) is 9.30. The van der Waals surface area contributed by atoms with Gasteiger partial charge in [-0.05, 0) is 32.6 Å². The smallest absolute Gasteiger partial charge is 0.374 e. The summed E-state index contributed by atoms with van der Waals surface area (Å²) in [6.07, 6.45) is 0.883. The van der Waals surface area contributed by atoms with Crippen molar-refractivity contribution in [1.82, 2.24) is 0 Å². The molecule has 20 heavy (non-hydrogen) atoms. The molecule has 0 bridgehead atoms. The molecule has 0 radical (unpaired) electrons. The fourth-order valence-corrected chi connectivity index (χ4v) is 4.25. The van der Waals surface area contributed by atoms with Gasteiger partial charge in [-0.1, -0.05) is 20.8 Å². The normalized spacial score (nSPS) is 12.0. The van der Waals surface area contributed by atoms with E-state index in [2.05, 4.69) is 20.8 Å². The van der Waals surface area contributed by atoms with Crippen molar-refractivity contribution in [2.45, 2.75) is 54.0 Å². The molecule has 0 N–H and O–H groups in total. The molecule has 0 aromatic heterocycles. The lowest BCUT2D eigenvalue weighted by Gasteiger charge is -2.28. The summed E-state index contributed by atoms with van der Waals surface area (Å²) in [6, 6.07) is 0.812. The number of hydrogen-bond donors (Lipinski definition) is 0. The number of alkyl halides is 2. The van der Waals surface area contributed by atoms with Crippen LogP contribution in [0.25, 0.3) is 0 Å². The van der Waals surface area contributed by atoms with Gasteiger partial charge >= 0.3 is 8.80 Å². The van der Waals surface area contributed by atoms with E-state index in [0.717, 1.165) is 18.3 Å². The van der Waals surface area contributed by atoms with Crippen molar-refractivity contribution in [3.05, 3.63) is 0 Å². The SMILES string of the molecule is CC(C)(C)CCl.CCO[Si](CCCCl)(OCC)OCC. The van der Waals surface area contributed by atoms with E-state index >= 15 is 0 Å². The predicted molar refractivity (Wildman–Crippen MR) is 91.0 cm³/mol. The van der Waals surface area contributed by atoms with Gasteiger partial charge in [-0.15, -0.1) is 23.2 Å². The lowest BCUT2D eigenvalue weighted by Crippen LogP contribution is -2.46. The molecule has 6 heteroatoms. The Labute approximate surface area is 136 Å². The Morgan fingerprint density at radius 1 is 0.850 bits per heavy atom. The third-order valence-corrected chi connectivity index (χ3v) is 6.33. The summed E-state index contributed by atoms with van der Waals surface area (Å²) in [5.41, 5.74) is 0.307. The first kappa shape index (κ1) is 23.0. The van der Waals surface area contributed by atoms with Crippen molar-refractivity contribution in [2.24, 2.45) is 5.41 Å². The molecule has 0 unspecified atom stereocenters. The standard InChI is InChI=1S/C9H21ClO3Si.C5H11Cl/c1-4-11-14(12-5-2,13-6-3)9-7-8-10;1-5(2,3)4-6/h4-9H2,1-3H3;4H2,1-3H3. The number of halogens is 2. The van der Waals surface area contributed by atoms with E-state index < -0.39 is 8.80 Å². The monoisotopic (exact) mass is 346 g/mol. The van der Waals surface area contributed by atoms with Crippen molar-refractivity contribution in [3.63, 3.8) is 0 Å². The predicted octanol–water partition coefficient (Wildman–Crippen LogP) is 4.94. The highest BCUT2D eigenvalue weighted by atomic mass is 35.5. The Balaban J connectivity index is 0. The molecule has 0 atom stereocenters. The van der Waals surface area contributed by atoms with Crippen LogP contribution in [-0.2, 0) is 13.3 Å². The van der Waals surface area contributed by atoms with Gasteiger partial charge in [-0.25, -0.2) is 0 Å². The summed E-state index contributed by atoms with van der Waals surface area (Å²) in [4.78, 5) is 0. The van der Waals surface area contributed by atoms with E-state index in [1.54, 1.807) is 0 Å². The average molecular weight is 347 g/mol. The maximum atomic E-state index is 5.66. The fourth-order valence-electron chi connectivity index (χ4n) is 1.28. The summed E-state index contributed by atoms with van der Waals surface area (Å²) < 4.78 is 16.9. The van der Waals surface area contributed by atoms with Gasteiger partial charge in [0.05, 0.1) is 0 Å². The lowest BCUT2D eigenvalue weighted by molar-refractivity contribution is 0.0712. The van der Waals surface area contributed by atoms with Crippen LogP contribution in [0.15, 0.2) is 0 Å². The first-order valence-corrected chi connectivity index (χ1v) is 10.3. The number of rotatable bonds is 9. The van der Waals surface area contributed by atoms with Gasteiger partial charge in [0.1, 0.15) is 0 Å². The van der Waals surface area contributed by atoms with Crippen LogP contribution in [0.5, 0.6) is 0 Å². The minimum Gasteiger partial charge on any atom is -0.374 e. The van der Waals surface area contributed by atoms with E-state index in [-0.39, 0.29) is 0 Å². The van der Waals surface area contributed by atoms with Crippen molar-refractivity contribution in [2.75, 3.05) is 31.6 Å². The van der Waals surface area contributed by atoms with Crippen LogP contribution in [0.4, 0.5) is 0 Å². The van der Waals surface area contributed by atoms with Gasteiger partial charge in [-0.2, -0.15) is 0 Å². The molecule has 124 valence electrons. The average Bonchev–Trinajstić information content (AvgIpc) is 2.37. The quantitative estimate of drug-likeness (QED) is 0.437. The van der Waals surface area contributed by atoms with Crippen molar-refractivity contribution < 1.29 is 13.3 Å². The zero-order valence-electron chi connectivity index (χ0n) is 13.9. The molecule has 0 aromatic rings. The Hall–Kier alpha value is 0.677. The van der Waals surface area contributed by atoms with Crippen molar-refractivity contribution in [1.29, 1.82) is 0 Å². The number of hydrogen-bond acceptors (Lipinski definition) is 3. The Morgan fingerprint density at radius 2 is 1.20 bits per heavy atom. The van der Waals surface area contributed by atoms with Gasteiger partial charge in [0.25, 0.3) is 0 Å². The van der Waals surface area contributed by atoms with Crippen molar-refractivity contribution in [3.8, 4) is 0 Å². The highest BCUT2D eigenvalue weighted by Crippen LogP contribution is 2.18. The van der Waals surface area contributed by atoms with Crippen LogP contribution in [-0.4, -0.2) is 40.4 Å². The molecule has 0 rings (SSSR count). The molecule has 0 fully saturated rings. The van der Waals surface area contributed by atoms with Crippen LogP contribution in [0.1, 0.15) is 48.0 Å². The maximum absolute atomic E-state index is 5.66. The summed E-state index contributed by atoms with van der Waals surface area (Å²) in [7, 11) is -2.40. The van der Waals surface area contributed by atoms with Crippen LogP contribution in [0.2, 0.25) is 6.04 Å². The summed E-state index contributed by atoms with van der Waals surface area (Å²) in [5, 5.41) is 0. The molecule has 0 aliphatic carbocycles. The van der Waals surface area contributed by atoms with E-state index in [9.17, 15) is 0 Å². The van der Waals surface area contributed by atoms with Crippen molar-refractivity contribution >= 4 is 32.0 Å². The van der Waals surface area contributed by atoms with E-state index in [1.165, 1.54) is 0 Å². The van der Waals surface area contributed by atoms with Gasteiger partial charge in [-0.3, -0.25) is 0 Å². The highest BCUT2D eigenvalue weighted by Gasteiger charge is 2.39. The zero-order valence-corrected chi connectivity index (χ0v) is 16.4. The molecule has 0 aromatic carbocycles. The summed E-state index contributed by atoms with van der Waals surface area (Å²) in [5.74, 6) is 1.37. The van der Waals surface area contributed by atoms with Gasteiger partial charge in [0, 0.05) is 37.6 Å². The minimum absolute atomic E-state index is 0.307. The van der Waals surface area contributed by atoms with Crippen LogP contribution in [0, 0.1) is 5.41 Å². The molecule has 0 aliphatic heterocycles. The Bertz CT molecular complexity index is 194. The Morgan fingerprint density at radius 3 is 1.40 bits per heavy atom. The minimum atomic E-state index is -2.40. The third-order valence-electron chi connectivity index (χ3n) is 2.11. The highest BCUT2D eigenvalue weighted by molar-refractivity contribution is 6.60. The summed E-state index contributed by atoms with van der Waals surface area (Å²) in [6.45, 7) is 14.1. The molecular formula is C14H32Cl2O3Si. The molecule has 0 saturated heterocycles.